The van der Waals surface area contributed by atoms with Crippen molar-refractivity contribution in [3.63, 3.8) is 0 Å². The molecule has 3 aromatic rings. The summed E-state index contributed by atoms with van der Waals surface area (Å²) in [5.41, 5.74) is 4.08. The molecule has 3 nitrogen and oxygen atoms in total. The van der Waals surface area contributed by atoms with Crippen LogP contribution in [-0.2, 0) is 11.4 Å². The lowest BCUT2D eigenvalue weighted by atomic mass is 10.1. The Morgan fingerprint density at radius 3 is 2.48 bits per heavy atom. The molecule has 1 fully saturated rings. The molecule has 4 rings (SSSR count). The summed E-state index contributed by atoms with van der Waals surface area (Å²) in [5.74, 6) is 0.700. The van der Waals surface area contributed by atoms with Gasteiger partial charge in [0, 0.05) is 0 Å². The average molecular weight is 418 g/mol. The van der Waals surface area contributed by atoms with E-state index in [9.17, 15) is 4.79 Å². The standard InChI is InChI=1S/C24H19NO2S2/c1-17-6-5-7-19(14-17)16-27-21-12-10-18(11-13-21)15-22-23(26)25(24(28)29-22)20-8-3-2-4-9-20/h2-15H,16H2,1H3/b22-15-. The molecule has 29 heavy (non-hydrogen) atoms. The first-order valence-electron chi connectivity index (χ1n) is 9.21. The predicted molar refractivity (Wildman–Crippen MR) is 124 cm³/mol. The Morgan fingerprint density at radius 1 is 1.00 bits per heavy atom. The highest BCUT2D eigenvalue weighted by molar-refractivity contribution is 8.27. The Balaban J connectivity index is 1.45. The topological polar surface area (TPSA) is 29.5 Å². The Kier molecular flexibility index (Phi) is 5.79. The van der Waals surface area contributed by atoms with Gasteiger partial charge in [0.2, 0.25) is 0 Å². The number of thiocarbonyl (C=S) groups is 1. The molecule has 3 aromatic carbocycles. The van der Waals surface area contributed by atoms with Gasteiger partial charge >= 0.3 is 0 Å². The van der Waals surface area contributed by atoms with E-state index in [1.807, 2.05) is 66.7 Å². The van der Waals surface area contributed by atoms with E-state index in [0.717, 1.165) is 22.6 Å². The number of benzene rings is 3. The summed E-state index contributed by atoms with van der Waals surface area (Å²) in [6.07, 6.45) is 1.87. The number of anilines is 1. The van der Waals surface area contributed by atoms with Gasteiger partial charge in [0.1, 0.15) is 12.4 Å². The summed E-state index contributed by atoms with van der Waals surface area (Å²) in [6, 6.07) is 25.5. The molecule has 144 valence electrons. The van der Waals surface area contributed by atoms with Crippen LogP contribution in [0, 0.1) is 6.92 Å². The molecule has 1 aliphatic heterocycles. The van der Waals surface area contributed by atoms with Crippen LogP contribution in [0.3, 0.4) is 0 Å². The second-order valence-electron chi connectivity index (χ2n) is 6.70. The van der Waals surface area contributed by atoms with Crippen LogP contribution in [0.5, 0.6) is 5.75 Å². The number of carbonyl (C=O) groups is 1. The maximum absolute atomic E-state index is 12.8. The average Bonchev–Trinajstić information content (AvgIpc) is 3.01. The minimum absolute atomic E-state index is 0.0917. The zero-order chi connectivity index (χ0) is 20.2. The summed E-state index contributed by atoms with van der Waals surface area (Å²) in [4.78, 5) is 15.0. The van der Waals surface area contributed by atoms with Crippen molar-refractivity contribution >= 4 is 46.0 Å². The zero-order valence-corrected chi connectivity index (χ0v) is 17.5. The largest absolute Gasteiger partial charge is 0.489 e. The number of thioether (sulfide) groups is 1. The van der Waals surface area contributed by atoms with Crippen LogP contribution in [0.25, 0.3) is 6.08 Å². The fraction of sp³-hybridized carbons (Fsp3) is 0.0833. The third-order valence-electron chi connectivity index (χ3n) is 4.47. The fourth-order valence-corrected chi connectivity index (χ4v) is 4.35. The van der Waals surface area contributed by atoms with Crippen molar-refractivity contribution in [2.75, 3.05) is 4.90 Å². The first-order chi connectivity index (χ1) is 14.1. The van der Waals surface area contributed by atoms with Crippen molar-refractivity contribution in [3.8, 4) is 5.75 Å². The molecule has 0 unspecified atom stereocenters. The highest BCUT2D eigenvalue weighted by Gasteiger charge is 2.33. The van der Waals surface area contributed by atoms with Crippen LogP contribution in [0.15, 0.2) is 83.8 Å². The lowest BCUT2D eigenvalue weighted by Crippen LogP contribution is -2.27. The van der Waals surface area contributed by atoms with Crippen LogP contribution in [0.1, 0.15) is 16.7 Å². The molecule has 1 aliphatic rings. The van der Waals surface area contributed by atoms with Gasteiger partial charge in [-0.1, -0.05) is 84.1 Å². The van der Waals surface area contributed by atoms with E-state index >= 15 is 0 Å². The number of ether oxygens (including phenoxy) is 1. The van der Waals surface area contributed by atoms with Gasteiger partial charge in [0.25, 0.3) is 5.91 Å². The van der Waals surface area contributed by atoms with E-state index < -0.39 is 0 Å². The van der Waals surface area contributed by atoms with Crippen molar-refractivity contribution in [1.82, 2.24) is 0 Å². The maximum atomic E-state index is 12.8. The lowest BCUT2D eigenvalue weighted by Gasteiger charge is -2.13. The predicted octanol–water partition coefficient (Wildman–Crippen LogP) is 5.98. The molecule has 1 saturated heterocycles. The van der Waals surface area contributed by atoms with E-state index in [2.05, 4.69) is 25.1 Å². The van der Waals surface area contributed by atoms with E-state index in [4.69, 9.17) is 17.0 Å². The molecule has 0 aliphatic carbocycles. The molecule has 0 saturated carbocycles. The first-order valence-corrected chi connectivity index (χ1v) is 10.4. The lowest BCUT2D eigenvalue weighted by molar-refractivity contribution is -0.113. The Bertz CT molecular complexity index is 1080. The van der Waals surface area contributed by atoms with Crippen LogP contribution >= 0.6 is 24.0 Å². The number of para-hydroxylation sites is 1. The molecular weight excluding hydrogens is 398 g/mol. The third kappa shape index (κ3) is 4.58. The monoisotopic (exact) mass is 417 g/mol. The molecule has 0 bridgehead atoms. The number of nitrogens with zero attached hydrogens (tertiary/aromatic N) is 1. The smallest absolute Gasteiger partial charge is 0.270 e. The van der Waals surface area contributed by atoms with Crippen molar-refractivity contribution in [2.45, 2.75) is 13.5 Å². The minimum atomic E-state index is -0.0917. The maximum Gasteiger partial charge on any atom is 0.270 e. The Labute approximate surface area is 180 Å². The summed E-state index contributed by atoms with van der Waals surface area (Å²) in [5, 5.41) is 0. The van der Waals surface area contributed by atoms with Crippen molar-refractivity contribution in [3.05, 3.63) is 100 Å². The molecule has 0 radical (unpaired) electrons. The molecule has 5 heteroatoms. The van der Waals surface area contributed by atoms with Crippen LogP contribution < -0.4 is 9.64 Å². The second-order valence-corrected chi connectivity index (χ2v) is 8.38. The highest BCUT2D eigenvalue weighted by Crippen LogP contribution is 2.36. The fourth-order valence-electron chi connectivity index (χ4n) is 3.05. The van der Waals surface area contributed by atoms with E-state index in [1.165, 1.54) is 17.3 Å². The highest BCUT2D eigenvalue weighted by atomic mass is 32.2. The first kappa shape index (κ1) is 19.4. The van der Waals surface area contributed by atoms with Crippen molar-refractivity contribution < 1.29 is 9.53 Å². The number of rotatable bonds is 5. The van der Waals surface area contributed by atoms with Gasteiger partial charge in [-0.3, -0.25) is 9.69 Å². The summed E-state index contributed by atoms with van der Waals surface area (Å²) in [6.45, 7) is 2.59. The number of carbonyl (C=O) groups excluding carboxylic acids is 1. The quantitative estimate of drug-likeness (QED) is 0.377. The molecule has 1 amide bonds. The van der Waals surface area contributed by atoms with Gasteiger partial charge in [0.15, 0.2) is 4.32 Å². The van der Waals surface area contributed by atoms with Gasteiger partial charge < -0.3 is 4.74 Å². The Morgan fingerprint density at radius 2 is 1.76 bits per heavy atom. The second kappa shape index (κ2) is 8.64. The molecule has 1 heterocycles. The van der Waals surface area contributed by atoms with E-state index in [1.54, 1.807) is 4.90 Å². The van der Waals surface area contributed by atoms with Crippen LogP contribution in [-0.4, -0.2) is 10.2 Å². The van der Waals surface area contributed by atoms with Gasteiger partial charge in [-0.25, -0.2) is 0 Å². The summed E-state index contributed by atoms with van der Waals surface area (Å²) >= 11 is 6.73. The van der Waals surface area contributed by atoms with Gasteiger partial charge in [0.05, 0.1) is 10.6 Å². The van der Waals surface area contributed by atoms with Gasteiger partial charge in [-0.05, 0) is 48.4 Å². The molecular formula is C24H19NO2S2. The number of aryl methyl sites for hydroxylation is 1. The number of hydrogen-bond donors (Lipinski definition) is 0. The molecule has 0 N–H and O–H groups in total. The number of hydrogen-bond acceptors (Lipinski definition) is 4. The molecule has 0 aromatic heterocycles. The number of amides is 1. The summed E-state index contributed by atoms with van der Waals surface area (Å²) < 4.78 is 6.41. The van der Waals surface area contributed by atoms with Crippen molar-refractivity contribution in [1.29, 1.82) is 0 Å². The molecule has 0 spiro atoms. The summed E-state index contributed by atoms with van der Waals surface area (Å²) in [7, 11) is 0. The third-order valence-corrected chi connectivity index (χ3v) is 5.78. The van der Waals surface area contributed by atoms with Crippen molar-refractivity contribution in [2.24, 2.45) is 0 Å². The van der Waals surface area contributed by atoms with Gasteiger partial charge in [-0.15, -0.1) is 0 Å². The Hall–Kier alpha value is -2.89. The van der Waals surface area contributed by atoms with Crippen LogP contribution in [0.4, 0.5) is 5.69 Å². The zero-order valence-electron chi connectivity index (χ0n) is 15.9. The minimum Gasteiger partial charge on any atom is -0.489 e. The van der Waals surface area contributed by atoms with Crippen LogP contribution in [0.2, 0.25) is 0 Å². The van der Waals surface area contributed by atoms with E-state index in [0.29, 0.717) is 15.8 Å². The normalized spacial score (nSPS) is 15.2. The molecule has 0 atom stereocenters. The van der Waals surface area contributed by atoms with Gasteiger partial charge in [-0.2, -0.15) is 0 Å². The SMILES string of the molecule is Cc1cccc(COc2ccc(/C=C3\SC(=S)N(c4ccccc4)C3=O)cc2)c1. The van der Waals surface area contributed by atoms with E-state index in [-0.39, 0.29) is 5.91 Å².